The largest absolute Gasteiger partial charge is 0.295 e. The minimum atomic E-state index is -0.496. The van der Waals surface area contributed by atoms with Crippen LogP contribution < -0.4 is 15.7 Å². The van der Waals surface area contributed by atoms with Crippen molar-refractivity contribution in [1.29, 1.82) is 0 Å². The van der Waals surface area contributed by atoms with Crippen LogP contribution >= 0.6 is 11.3 Å². The number of non-ortho nitro benzene ring substituents is 1. The smallest absolute Gasteiger partial charge is 0.266 e. The molecule has 1 aromatic carbocycles. The molecule has 0 N–H and O–H groups in total. The highest BCUT2D eigenvalue weighted by Gasteiger charge is 2.08. The summed E-state index contributed by atoms with van der Waals surface area (Å²) in [7, 11) is 0. The molecule has 0 unspecified atom stereocenters. The summed E-state index contributed by atoms with van der Waals surface area (Å²) in [5, 5.41) is 14.5. The Balaban J connectivity index is 2.17. The van der Waals surface area contributed by atoms with Gasteiger partial charge in [-0.3, -0.25) is 19.7 Å². The molecule has 22 heavy (non-hydrogen) atoms. The van der Waals surface area contributed by atoms with Crippen LogP contribution in [0.15, 0.2) is 33.9 Å². The van der Waals surface area contributed by atoms with E-state index in [1.54, 1.807) is 6.08 Å². The third kappa shape index (κ3) is 2.37. The molecule has 0 atom stereocenters. The maximum Gasteiger partial charge on any atom is 0.295 e. The average Bonchev–Trinajstić information content (AvgIpc) is 2.77. The Bertz CT molecular complexity index is 1050. The second-order valence-corrected chi connectivity index (χ2v) is 5.47. The van der Waals surface area contributed by atoms with Gasteiger partial charge < -0.3 is 0 Å². The van der Waals surface area contributed by atoms with Gasteiger partial charge in [0.15, 0.2) is 0 Å². The van der Waals surface area contributed by atoms with Crippen molar-refractivity contribution in [1.82, 2.24) is 14.6 Å². The second-order valence-electron chi connectivity index (χ2n) is 4.46. The number of nitro groups is 1. The first-order valence-electron chi connectivity index (χ1n) is 6.12. The zero-order valence-corrected chi connectivity index (χ0v) is 12.0. The highest BCUT2D eigenvalue weighted by Crippen LogP contribution is 2.12. The van der Waals surface area contributed by atoms with Crippen molar-refractivity contribution in [2.75, 3.05) is 0 Å². The average molecular weight is 316 g/mol. The van der Waals surface area contributed by atoms with Crippen LogP contribution in [0.1, 0.15) is 11.3 Å². The van der Waals surface area contributed by atoms with E-state index in [4.69, 9.17) is 0 Å². The van der Waals surface area contributed by atoms with E-state index in [2.05, 4.69) is 10.1 Å². The fourth-order valence-corrected chi connectivity index (χ4v) is 2.73. The van der Waals surface area contributed by atoms with E-state index < -0.39 is 10.5 Å². The molecule has 3 rings (SSSR count). The van der Waals surface area contributed by atoms with Crippen molar-refractivity contribution in [2.45, 2.75) is 6.92 Å². The van der Waals surface area contributed by atoms with Crippen molar-refractivity contribution >= 4 is 28.1 Å². The Kier molecular flexibility index (Phi) is 3.26. The van der Waals surface area contributed by atoms with Gasteiger partial charge in [0, 0.05) is 12.1 Å². The summed E-state index contributed by atoms with van der Waals surface area (Å²) >= 11 is 1.04. The van der Waals surface area contributed by atoms with Gasteiger partial charge in [-0.1, -0.05) is 11.3 Å². The molecule has 0 amide bonds. The summed E-state index contributed by atoms with van der Waals surface area (Å²) in [4.78, 5) is 37.8. The molecule has 0 fully saturated rings. The van der Waals surface area contributed by atoms with Gasteiger partial charge in [0.25, 0.3) is 16.8 Å². The van der Waals surface area contributed by atoms with Crippen LogP contribution in [0.5, 0.6) is 0 Å². The molecule has 110 valence electrons. The van der Waals surface area contributed by atoms with Gasteiger partial charge in [-0.15, -0.1) is 0 Å². The molecule has 0 radical (unpaired) electrons. The van der Waals surface area contributed by atoms with Crippen molar-refractivity contribution in [2.24, 2.45) is 0 Å². The zero-order chi connectivity index (χ0) is 15.9. The number of fused-ring (bicyclic) bond motifs is 1. The molecule has 9 heteroatoms. The molecule has 0 aliphatic rings. The van der Waals surface area contributed by atoms with E-state index in [0.29, 0.717) is 10.1 Å². The maximum absolute atomic E-state index is 12.2. The van der Waals surface area contributed by atoms with Crippen molar-refractivity contribution in [3.05, 3.63) is 70.9 Å². The first-order valence-corrected chi connectivity index (χ1v) is 6.94. The molecular formula is C13H8N4O4S. The molecule has 0 saturated carbocycles. The second kappa shape index (κ2) is 5.11. The Labute approximate surface area is 126 Å². The molecule has 2 aromatic heterocycles. The van der Waals surface area contributed by atoms with E-state index >= 15 is 0 Å². The van der Waals surface area contributed by atoms with E-state index in [0.717, 1.165) is 15.9 Å². The van der Waals surface area contributed by atoms with E-state index in [9.17, 15) is 19.7 Å². The van der Waals surface area contributed by atoms with Crippen LogP contribution in [0.3, 0.4) is 0 Å². The van der Waals surface area contributed by atoms with Gasteiger partial charge in [0.05, 0.1) is 9.46 Å². The SMILES string of the molecule is Cc1nn2c(=O)/c(=C\c3ccc([N+](=O)[O-])cc3)sc2nc1=O. The number of rotatable bonds is 2. The first-order chi connectivity index (χ1) is 10.5. The topological polar surface area (TPSA) is 107 Å². The predicted molar refractivity (Wildman–Crippen MR) is 80.0 cm³/mol. The van der Waals surface area contributed by atoms with Crippen molar-refractivity contribution in [3.8, 4) is 0 Å². The normalized spacial score (nSPS) is 12.0. The van der Waals surface area contributed by atoms with Crippen LogP contribution in [-0.4, -0.2) is 19.5 Å². The fraction of sp³-hybridized carbons (Fsp3) is 0.0769. The molecule has 0 spiro atoms. The van der Waals surface area contributed by atoms with E-state index in [1.807, 2.05) is 0 Å². The number of thiazole rings is 1. The lowest BCUT2D eigenvalue weighted by molar-refractivity contribution is -0.384. The summed E-state index contributed by atoms with van der Waals surface area (Å²) in [6.45, 7) is 1.48. The lowest BCUT2D eigenvalue weighted by Gasteiger charge is -1.92. The number of hydrogen-bond acceptors (Lipinski definition) is 7. The Hall–Kier alpha value is -2.94. The first kappa shape index (κ1) is 14.0. The van der Waals surface area contributed by atoms with Crippen LogP contribution in [-0.2, 0) is 0 Å². The standard InChI is InChI=1S/C13H8N4O4S/c1-7-11(18)14-13-16(15-7)12(19)10(22-13)6-8-2-4-9(5-3-8)17(20)21/h2-6H,1H3/b10-6+. The van der Waals surface area contributed by atoms with Crippen LogP contribution in [0.2, 0.25) is 0 Å². The zero-order valence-electron chi connectivity index (χ0n) is 11.2. The quantitative estimate of drug-likeness (QED) is 0.496. The third-order valence-corrected chi connectivity index (χ3v) is 3.90. The monoisotopic (exact) mass is 316 g/mol. The highest BCUT2D eigenvalue weighted by atomic mass is 32.1. The Morgan fingerprint density at radius 2 is 1.95 bits per heavy atom. The van der Waals surface area contributed by atoms with Gasteiger partial charge in [-0.25, -0.2) is 0 Å². The lowest BCUT2D eigenvalue weighted by atomic mass is 10.2. The Morgan fingerprint density at radius 1 is 1.27 bits per heavy atom. The van der Waals surface area contributed by atoms with Crippen LogP contribution in [0.25, 0.3) is 11.0 Å². The molecule has 0 bridgehead atoms. The minimum Gasteiger partial charge on any atom is -0.266 e. The number of nitrogens with zero attached hydrogens (tertiary/aromatic N) is 4. The van der Waals surface area contributed by atoms with Crippen LogP contribution in [0, 0.1) is 17.0 Å². The molecule has 0 aliphatic carbocycles. The Morgan fingerprint density at radius 3 is 2.59 bits per heavy atom. The summed E-state index contributed by atoms with van der Waals surface area (Å²) in [6, 6.07) is 5.79. The number of aromatic nitrogens is 3. The van der Waals surface area contributed by atoms with Crippen molar-refractivity contribution < 1.29 is 4.92 Å². The number of benzene rings is 1. The summed E-state index contributed by atoms with van der Waals surface area (Å²) in [5.41, 5.74) is -0.0968. The van der Waals surface area contributed by atoms with Gasteiger partial charge in [0.1, 0.15) is 5.69 Å². The van der Waals surface area contributed by atoms with Gasteiger partial charge in [-0.05, 0) is 30.7 Å². The lowest BCUT2D eigenvalue weighted by Crippen LogP contribution is -2.27. The van der Waals surface area contributed by atoms with E-state index in [1.165, 1.54) is 31.2 Å². The molecule has 0 aliphatic heterocycles. The predicted octanol–water partition coefficient (Wildman–Crippen LogP) is 0.276. The van der Waals surface area contributed by atoms with Crippen LogP contribution in [0.4, 0.5) is 5.69 Å². The molecular weight excluding hydrogens is 308 g/mol. The summed E-state index contributed by atoms with van der Waals surface area (Å²) < 4.78 is 1.43. The summed E-state index contributed by atoms with van der Waals surface area (Å²) in [6.07, 6.45) is 1.58. The number of aryl methyl sites for hydroxylation is 1. The van der Waals surface area contributed by atoms with Gasteiger partial charge >= 0.3 is 0 Å². The molecule has 8 nitrogen and oxygen atoms in total. The minimum absolute atomic E-state index is 0.0276. The number of hydrogen-bond donors (Lipinski definition) is 0. The summed E-state index contributed by atoms with van der Waals surface area (Å²) in [5.74, 6) is 0. The molecule has 0 saturated heterocycles. The molecule has 3 aromatic rings. The van der Waals surface area contributed by atoms with Gasteiger partial charge in [-0.2, -0.15) is 14.6 Å². The maximum atomic E-state index is 12.2. The fourth-order valence-electron chi connectivity index (χ4n) is 1.83. The van der Waals surface area contributed by atoms with E-state index in [-0.39, 0.29) is 21.9 Å². The van der Waals surface area contributed by atoms with Gasteiger partial charge in [0.2, 0.25) is 4.96 Å². The van der Waals surface area contributed by atoms with Crippen molar-refractivity contribution in [3.63, 3.8) is 0 Å². The highest BCUT2D eigenvalue weighted by molar-refractivity contribution is 7.15. The number of nitro benzene ring substituents is 1. The molecule has 2 heterocycles. The third-order valence-electron chi connectivity index (χ3n) is 2.94.